The minimum Gasteiger partial charge on any atom is -0.292 e. The number of Topliss-reactive ketones (excluding diaryl/α,β-unsaturated/α-hetero) is 1. The maximum absolute atomic E-state index is 13.2. The van der Waals surface area contributed by atoms with Crippen LogP contribution < -0.4 is 0 Å². The average Bonchev–Trinajstić information content (AvgIpc) is 2.98. The Morgan fingerprint density at radius 2 is 1.62 bits per heavy atom. The fourth-order valence-corrected chi connectivity index (χ4v) is 3.76. The van der Waals surface area contributed by atoms with Crippen molar-refractivity contribution in [3.63, 3.8) is 0 Å². The van der Waals surface area contributed by atoms with Gasteiger partial charge in [-0.2, -0.15) is 0 Å². The molecular weight excluding hydrogens is 258 g/mol. The van der Waals surface area contributed by atoms with Crippen LogP contribution >= 0.6 is 0 Å². The lowest BCUT2D eigenvalue weighted by Crippen LogP contribution is -2.52. The molecule has 2 heteroatoms. The van der Waals surface area contributed by atoms with Crippen molar-refractivity contribution in [3.05, 3.63) is 35.4 Å². The molecule has 1 aromatic carbocycles. The molecule has 1 aromatic rings. The fourth-order valence-electron chi connectivity index (χ4n) is 3.76. The SMILES string of the molecule is CCN(CC)C1(C(=O)c2ccc(C(C)C)cc2)CCCC1. The summed E-state index contributed by atoms with van der Waals surface area (Å²) >= 11 is 0. The Hall–Kier alpha value is -1.15. The van der Waals surface area contributed by atoms with Crippen LogP contribution in [0, 0.1) is 0 Å². The summed E-state index contributed by atoms with van der Waals surface area (Å²) < 4.78 is 0. The summed E-state index contributed by atoms with van der Waals surface area (Å²) in [4.78, 5) is 15.5. The maximum atomic E-state index is 13.2. The number of nitrogens with zero attached hydrogens (tertiary/aromatic N) is 1. The maximum Gasteiger partial charge on any atom is 0.183 e. The van der Waals surface area contributed by atoms with Gasteiger partial charge in [0.25, 0.3) is 0 Å². The number of hydrogen-bond acceptors (Lipinski definition) is 2. The van der Waals surface area contributed by atoms with Crippen LogP contribution in [0.1, 0.15) is 75.2 Å². The van der Waals surface area contributed by atoms with Gasteiger partial charge in [-0.25, -0.2) is 0 Å². The Morgan fingerprint density at radius 3 is 2.05 bits per heavy atom. The van der Waals surface area contributed by atoms with E-state index in [-0.39, 0.29) is 5.54 Å². The number of ketones is 1. The number of hydrogen-bond donors (Lipinski definition) is 0. The van der Waals surface area contributed by atoms with Gasteiger partial charge < -0.3 is 0 Å². The standard InChI is InChI=1S/C19H29NO/c1-5-20(6-2)19(13-7-8-14-19)18(21)17-11-9-16(10-12-17)15(3)4/h9-12,15H,5-8,13-14H2,1-4H3. The van der Waals surface area contributed by atoms with Crippen LogP contribution in [0.15, 0.2) is 24.3 Å². The highest BCUT2D eigenvalue weighted by atomic mass is 16.1. The second kappa shape index (κ2) is 6.74. The monoisotopic (exact) mass is 287 g/mol. The van der Waals surface area contributed by atoms with Crippen LogP contribution in [0.25, 0.3) is 0 Å². The van der Waals surface area contributed by atoms with E-state index in [0.29, 0.717) is 11.7 Å². The second-order valence-corrected chi connectivity index (χ2v) is 6.52. The molecule has 0 unspecified atom stereocenters. The highest BCUT2D eigenvalue weighted by Gasteiger charge is 2.44. The zero-order valence-corrected chi connectivity index (χ0v) is 14.0. The van der Waals surface area contributed by atoms with Crippen molar-refractivity contribution in [3.8, 4) is 0 Å². The summed E-state index contributed by atoms with van der Waals surface area (Å²) in [6.07, 6.45) is 4.37. The number of carbonyl (C=O) groups excluding carboxylic acids is 1. The minimum absolute atomic E-state index is 0.247. The number of benzene rings is 1. The van der Waals surface area contributed by atoms with Gasteiger partial charge in [-0.1, -0.05) is 64.8 Å². The first-order valence-corrected chi connectivity index (χ1v) is 8.45. The van der Waals surface area contributed by atoms with Gasteiger partial charge in [0.15, 0.2) is 5.78 Å². The Labute approximate surface area is 129 Å². The predicted octanol–water partition coefficient (Wildman–Crippen LogP) is 4.65. The van der Waals surface area contributed by atoms with Crippen molar-refractivity contribution >= 4 is 5.78 Å². The third kappa shape index (κ3) is 3.06. The Bertz CT molecular complexity index is 465. The van der Waals surface area contributed by atoms with Gasteiger partial charge in [0, 0.05) is 5.56 Å². The molecule has 0 spiro atoms. The first kappa shape index (κ1) is 16.2. The molecule has 21 heavy (non-hydrogen) atoms. The van der Waals surface area contributed by atoms with Crippen LogP contribution in [0.5, 0.6) is 0 Å². The van der Waals surface area contributed by atoms with Crippen LogP contribution in [-0.2, 0) is 0 Å². The molecule has 0 aromatic heterocycles. The van der Waals surface area contributed by atoms with Crippen molar-refractivity contribution in [1.29, 1.82) is 0 Å². The number of rotatable bonds is 6. The van der Waals surface area contributed by atoms with E-state index < -0.39 is 0 Å². The molecule has 0 bridgehead atoms. The average molecular weight is 287 g/mol. The first-order chi connectivity index (χ1) is 10.0. The third-order valence-corrected chi connectivity index (χ3v) is 5.06. The fraction of sp³-hybridized carbons (Fsp3) is 0.632. The van der Waals surface area contributed by atoms with Gasteiger partial charge in [0.1, 0.15) is 0 Å². The smallest absolute Gasteiger partial charge is 0.183 e. The summed E-state index contributed by atoms with van der Waals surface area (Å²) in [5.74, 6) is 0.844. The summed E-state index contributed by atoms with van der Waals surface area (Å²) in [6.45, 7) is 10.6. The molecule has 0 saturated heterocycles. The van der Waals surface area contributed by atoms with Gasteiger partial charge in [-0.05, 0) is 37.4 Å². The van der Waals surface area contributed by atoms with Crippen molar-refractivity contribution < 1.29 is 4.79 Å². The Balaban J connectivity index is 2.30. The molecule has 1 saturated carbocycles. The third-order valence-electron chi connectivity index (χ3n) is 5.06. The van der Waals surface area contributed by atoms with E-state index in [1.807, 2.05) is 12.1 Å². The summed E-state index contributed by atoms with van der Waals surface area (Å²) in [7, 11) is 0. The van der Waals surface area contributed by atoms with Crippen molar-refractivity contribution in [1.82, 2.24) is 4.90 Å². The lowest BCUT2D eigenvalue weighted by molar-refractivity contribution is 0.0584. The highest BCUT2D eigenvalue weighted by Crippen LogP contribution is 2.38. The first-order valence-electron chi connectivity index (χ1n) is 8.45. The van der Waals surface area contributed by atoms with E-state index >= 15 is 0 Å². The Morgan fingerprint density at radius 1 is 1.10 bits per heavy atom. The molecule has 0 heterocycles. The van der Waals surface area contributed by atoms with E-state index in [1.54, 1.807) is 0 Å². The lowest BCUT2D eigenvalue weighted by Gasteiger charge is -2.39. The molecule has 1 fully saturated rings. The van der Waals surface area contributed by atoms with Gasteiger partial charge in [0.2, 0.25) is 0 Å². The molecule has 0 N–H and O–H groups in total. The molecular formula is C19H29NO. The van der Waals surface area contributed by atoms with Crippen LogP contribution in [0.2, 0.25) is 0 Å². The quantitative estimate of drug-likeness (QED) is 0.710. The van der Waals surface area contributed by atoms with Crippen LogP contribution in [0.4, 0.5) is 0 Å². The van der Waals surface area contributed by atoms with Crippen molar-refractivity contribution in [2.75, 3.05) is 13.1 Å². The lowest BCUT2D eigenvalue weighted by atomic mass is 9.85. The molecule has 116 valence electrons. The molecule has 1 aliphatic carbocycles. The molecule has 0 amide bonds. The number of carbonyl (C=O) groups is 1. The van der Waals surface area contributed by atoms with E-state index in [2.05, 4.69) is 44.7 Å². The van der Waals surface area contributed by atoms with Gasteiger partial charge in [0.05, 0.1) is 5.54 Å². The summed E-state index contributed by atoms with van der Waals surface area (Å²) in [6, 6.07) is 8.29. The second-order valence-electron chi connectivity index (χ2n) is 6.52. The zero-order valence-electron chi connectivity index (χ0n) is 14.0. The van der Waals surface area contributed by atoms with Crippen molar-refractivity contribution in [2.45, 2.75) is 64.8 Å². The van der Waals surface area contributed by atoms with Gasteiger partial charge >= 0.3 is 0 Å². The predicted molar refractivity (Wildman–Crippen MR) is 89.0 cm³/mol. The molecule has 2 nitrogen and oxygen atoms in total. The topological polar surface area (TPSA) is 20.3 Å². The van der Waals surface area contributed by atoms with E-state index in [0.717, 1.165) is 31.5 Å². The molecule has 0 radical (unpaired) electrons. The number of likely N-dealkylation sites (N-methyl/N-ethyl adjacent to an activating group) is 1. The summed E-state index contributed by atoms with van der Waals surface area (Å²) in [5, 5.41) is 0. The Kier molecular flexibility index (Phi) is 5.21. The molecule has 0 atom stereocenters. The largest absolute Gasteiger partial charge is 0.292 e. The summed E-state index contributed by atoms with van der Waals surface area (Å²) in [5.41, 5.74) is 1.94. The molecule has 1 aliphatic rings. The zero-order chi connectivity index (χ0) is 15.5. The van der Waals surface area contributed by atoms with Gasteiger partial charge in [-0.3, -0.25) is 9.69 Å². The highest BCUT2D eigenvalue weighted by molar-refractivity contribution is 6.03. The van der Waals surface area contributed by atoms with Crippen molar-refractivity contribution in [2.24, 2.45) is 0 Å². The molecule has 2 rings (SSSR count). The van der Waals surface area contributed by atoms with Crippen LogP contribution in [0.3, 0.4) is 0 Å². The van der Waals surface area contributed by atoms with E-state index in [4.69, 9.17) is 0 Å². The van der Waals surface area contributed by atoms with Crippen LogP contribution in [-0.4, -0.2) is 29.3 Å². The minimum atomic E-state index is -0.247. The van der Waals surface area contributed by atoms with Gasteiger partial charge in [-0.15, -0.1) is 0 Å². The van der Waals surface area contributed by atoms with E-state index in [1.165, 1.54) is 18.4 Å². The normalized spacial score (nSPS) is 17.6. The van der Waals surface area contributed by atoms with E-state index in [9.17, 15) is 4.79 Å². The molecule has 0 aliphatic heterocycles.